The van der Waals surface area contributed by atoms with Crippen molar-refractivity contribution in [3.05, 3.63) is 47.8 Å². The first kappa shape index (κ1) is 16.3. The predicted molar refractivity (Wildman–Crippen MR) is 98.6 cm³/mol. The molecule has 5 heteroatoms. The number of amides is 1. The number of fused-ring (bicyclic) bond motifs is 1. The van der Waals surface area contributed by atoms with Crippen molar-refractivity contribution in [2.24, 2.45) is 5.92 Å². The van der Waals surface area contributed by atoms with Gasteiger partial charge in [0.1, 0.15) is 0 Å². The van der Waals surface area contributed by atoms with Crippen LogP contribution in [0, 0.1) is 12.8 Å². The summed E-state index contributed by atoms with van der Waals surface area (Å²) in [5.74, 6) is 0.502. The van der Waals surface area contributed by atoms with Crippen LogP contribution < -0.4 is 4.90 Å². The fourth-order valence-corrected chi connectivity index (χ4v) is 4.02. The zero-order valence-corrected chi connectivity index (χ0v) is 14.9. The molecule has 0 bridgehead atoms. The second-order valence-electron chi connectivity index (χ2n) is 7.27. The molecule has 0 N–H and O–H groups in total. The molecule has 25 heavy (non-hydrogen) atoms. The van der Waals surface area contributed by atoms with Gasteiger partial charge < -0.3 is 9.80 Å². The fourth-order valence-electron chi connectivity index (χ4n) is 4.02. The summed E-state index contributed by atoms with van der Waals surface area (Å²) in [7, 11) is 0. The van der Waals surface area contributed by atoms with E-state index in [9.17, 15) is 4.79 Å². The minimum atomic E-state index is 0.175. The number of carbonyl (C=O) groups is 1. The van der Waals surface area contributed by atoms with Crippen LogP contribution >= 0.6 is 0 Å². The van der Waals surface area contributed by atoms with E-state index in [0.717, 1.165) is 57.7 Å². The normalized spacial score (nSPS) is 18.5. The van der Waals surface area contributed by atoms with Crippen LogP contribution in [0.2, 0.25) is 0 Å². The Balaban J connectivity index is 1.29. The molecule has 5 nitrogen and oxygen atoms in total. The first-order valence-electron chi connectivity index (χ1n) is 9.31. The molecular weight excluding hydrogens is 312 g/mol. The van der Waals surface area contributed by atoms with Crippen molar-refractivity contribution in [2.45, 2.75) is 32.7 Å². The number of hydrogen-bond donors (Lipinski definition) is 0. The first-order chi connectivity index (χ1) is 12.2. The van der Waals surface area contributed by atoms with Crippen molar-refractivity contribution in [1.29, 1.82) is 0 Å². The Bertz CT molecular complexity index is 746. The molecule has 0 radical (unpaired) electrons. The number of benzene rings is 1. The standard InChI is InChI=1S/C20H26N4O/c1-16-14-21-23(15-16)13-12-22-9-6-18(7-10-22)20(25)24-11-8-17-4-2-3-5-19(17)24/h2-5,14-15,18H,6-13H2,1H3. The summed E-state index contributed by atoms with van der Waals surface area (Å²) in [5, 5.41) is 4.35. The van der Waals surface area contributed by atoms with E-state index in [1.54, 1.807) is 0 Å². The number of nitrogens with zero attached hydrogens (tertiary/aromatic N) is 4. The summed E-state index contributed by atoms with van der Waals surface area (Å²) in [4.78, 5) is 17.4. The second kappa shape index (κ2) is 7.00. The van der Waals surface area contributed by atoms with E-state index in [1.165, 1.54) is 11.1 Å². The molecule has 0 spiro atoms. The maximum Gasteiger partial charge on any atom is 0.230 e. The van der Waals surface area contributed by atoms with Crippen LogP contribution in [-0.2, 0) is 17.8 Å². The molecule has 0 unspecified atom stereocenters. The Labute approximate surface area is 149 Å². The van der Waals surface area contributed by atoms with Crippen molar-refractivity contribution in [3.8, 4) is 0 Å². The van der Waals surface area contributed by atoms with Gasteiger partial charge >= 0.3 is 0 Å². The fraction of sp³-hybridized carbons (Fsp3) is 0.500. The monoisotopic (exact) mass is 338 g/mol. The molecule has 3 heterocycles. The van der Waals surface area contributed by atoms with E-state index in [-0.39, 0.29) is 5.92 Å². The molecule has 132 valence electrons. The zero-order chi connectivity index (χ0) is 17.2. The average molecular weight is 338 g/mol. The molecule has 1 aromatic carbocycles. The Morgan fingerprint density at radius 2 is 1.96 bits per heavy atom. The van der Waals surface area contributed by atoms with Crippen molar-refractivity contribution >= 4 is 11.6 Å². The zero-order valence-electron chi connectivity index (χ0n) is 14.9. The van der Waals surface area contributed by atoms with Crippen LogP contribution in [0.3, 0.4) is 0 Å². The van der Waals surface area contributed by atoms with Crippen LogP contribution in [0.25, 0.3) is 0 Å². The lowest BCUT2D eigenvalue weighted by Crippen LogP contribution is -2.43. The molecule has 0 aliphatic carbocycles. The van der Waals surface area contributed by atoms with Crippen molar-refractivity contribution in [3.63, 3.8) is 0 Å². The van der Waals surface area contributed by atoms with Gasteiger partial charge in [0.2, 0.25) is 5.91 Å². The molecule has 1 amide bonds. The van der Waals surface area contributed by atoms with E-state index >= 15 is 0 Å². The molecule has 0 atom stereocenters. The smallest absolute Gasteiger partial charge is 0.230 e. The highest BCUT2D eigenvalue weighted by molar-refractivity contribution is 5.97. The topological polar surface area (TPSA) is 41.4 Å². The maximum absolute atomic E-state index is 12.9. The summed E-state index contributed by atoms with van der Waals surface area (Å²) in [6.45, 7) is 6.85. The van der Waals surface area contributed by atoms with E-state index in [4.69, 9.17) is 0 Å². The summed E-state index contributed by atoms with van der Waals surface area (Å²) in [5.41, 5.74) is 3.64. The van der Waals surface area contributed by atoms with Crippen molar-refractivity contribution in [1.82, 2.24) is 14.7 Å². The molecule has 1 aromatic heterocycles. The Morgan fingerprint density at radius 1 is 1.16 bits per heavy atom. The van der Waals surface area contributed by atoms with Gasteiger partial charge in [-0.1, -0.05) is 18.2 Å². The third kappa shape index (κ3) is 3.47. The quantitative estimate of drug-likeness (QED) is 0.860. The molecule has 2 aliphatic rings. The van der Waals surface area contributed by atoms with Gasteiger partial charge in [0, 0.05) is 30.9 Å². The van der Waals surface area contributed by atoms with Gasteiger partial charge in [-0.15, -0.1) is 0 Å². The number of aromatic nitrogens is 2. The highest BCUT2D eigenvalue weighted by Crippen LogP contribution is 2.30. The van der Waals surface area contributed by atoms with Gasteiger partial charge in [0.15, 0.2) is 0 Å². The van der Waals surface area contributed by atoms with E-state index in [0.29, 0.717) is 5.91 Å². The van der Waals surface area contributed by atoms with Gasteiger partial charge in [0.25, 0.3) is 0 Å². The number of piperidine rings is 1. The number of para-hydroxylation sites is 1. The lowest BCUT2D eigenvalue weighted by Gasteiger charge is -2.33. The number of hydrogen-bond acceptors (Lipinski definition) is 3. The van der Waals surface area contributed by atoms with Gasteiger partial charge in [-0.25, -0.2) is 0 Å². The third-order valence-electron chi connectivity index (χ3n) is 5.50. The van der Waals surface area contributed by atoms with Gasteiger partial charge in [-0.3, -0.25) is 9.48 Å². The molecule has 2 aliphatic heterocycles. The van der Waals surface area contributed by atoms with Gasteiger partial charge in [-0.05, 0) is 56.5 Å². The molecule has 2 aromatic rings. The summed E-state index contributed by atoms with van der Waals surface area (Å²) >= 11 is 0. The van der Waals surface area contributed by atoms with Crippen LogP contribution in [0.4, 0.5) is 5.69 Å². The molecule has 4 rings (SSSR count). The lowest BCUT2D eigenvalue weighted by atomic mass is 9.95. The molecular formula is C20H26N4O. The number of rotatable bonds is 4. The molecule has 1 saturated heterocycles. The third-order valence-corrected chi connectivity index (χ3v) is 5.50. The molecule has 1 fully saturated rings. The number of aryl methyl sites for hydroxylation is 1. The predicted octanol–water partition coefficient (Wildman–Crippen LogP) is 2.49. The summed E-state index contributed by atoms with van der Waals surface area (Å²) in [6.07, 6.45) is 6.91. The highest BCUT2D eigenvalue weighted by atomic mass is 16.2. The van der Waals surface area contributed by atoms with Gasteiger partial charge in [-0.2, -0.15) is 5.10 Å². The van der Waals surface area contributed by atoms with Crippen LogP contribution in [0.15, 0.2) is 36.7 Å². The summed E-state index contributed by atoms with van der Waals surface area (Å²) < 4.78 is 2.01. The average Bonchev–Trinajstić information content (AvgIpc) is 3.26. The lowest BCUT2D eigenvalue weighted by molar-refractivity contribution is -0.123. The van der Waals surface area contributed by atoms with Crippen LogP contribution in [0.1, 0.15) is 24.0 Å². The van der Waals surface area contributed by atoms with E-state index in [2.05, 4.69) is 41.3 Å². The molecule has 0 saturated carbocycles. The SMILES string of the molecule is Cc1cnn(CCN2CCC(C(=O)N3CCc4ccccc43)CC2)c1. The Hall–Kier alpha value is -2.14. The highest BCUT2D eigenvalue weighted by Gasteiger charge is 2.32. The Morgan fingerprint density at radius 3 is 2.72 bits per heavy atom. The first-order valence-corrected chi connectivity index (χ1v) is 9.31. The minimum absolute atomic E-state index is 0.175. The number of likely N-dealkylation sites (tertiary alicyclic amines) is 1. The van der Waals surface area contributed by atoms with Crippen molar-refractivity contribution < 1.29 is 4.79 Å². The van der Waals surface area contributed by atoms with Crippen LogP contribution in [0.5, 0.6) is 0 Å². The van der Waals surface area contributed by atoms with Crippen LogP contribution in [-0.4, -0.2) is 46.8 Å². The van der Waals surface area contributed by atoms with Gasteiger partial charge in [0.05, 0.1) is 12.7 Å². The summed E-state index contributed by atoms with van der Waals surface area (Å²) in [6, 6.07) is 8.32. The minimum Gasteiger partial charge on any atom is -0.312 e. The Kier molecular flexibility index (Phi) is 4.57. The number of carbonyl (C=O) groups excluding carboxylic acids is 1. The van der Waals surface area contributed by atoms with Crippen molar-refractivity contribution in [2.75, 3.05) is 31.1 Å². The van der Waals surface area contributed by atoms with E-state index < -0.39 is 0 Å². The van der Waals surface area contributed by atoms with E-state index in [1.807, 2.05) is 21.8 Å². The maximum atomic E-state index is 12.9. The second-order valence-corrected chi connectivity index (χ2v) is 7.27. The number of anilines is 1. The largest absolute Gasteiger partial charge is 0.312 e.